The molecule has 0 unspecified atom stereocenters. The number of carbonyl (C=O) groups is 1. The first-order chi connectivity index (χ1) is 10.0. The van der Waals surface area contributed by atoms with Gasteiger partial charge in [0.15, 0.2) is 3.95 Å². The van der Waals surface area contributed by atoms with Gasteiger partial charge in [0.1, 0.15) is 11.0 Å². The Bertz CT molecular complexity index is 882. The first-order valence-electron chi connectivity index (χ1n) is 5.94. The van der Waals surface area contributed by atoms with Crippen molar-refractivity contribution in [2.45, 2.75) is 13.3 Å². The van der Waals surface area contributed by atoms with E-state index in [-0.39, 0.29) is 12.3 Å². The molecule has 21 heavy (non-hydrogen) atoms. The van der Waals surface area contributed by atoms with E-state index >= 15 is 0 Å². The van der Waals surface area contributed by atoms with Crippen LogP contribution in [0, 0.1) is 10.9 Å². The third-order valence-corrected chi connectivity index (χ3v) is 5.08. The fourth-order valence-electron chi connectivity index (χ4n) is 1.88. The topological polar surface area (TPSA) is 70.7 Å². The number of halogens is 1. The van der Waals surface area contributed by atoms with E-state index < -0.39 is 0 Å². The van der Waals surface area contributed by atoms with Crippen molar-refractivity contribution in [2.24, 2.45) is 0 Å². The number of aromatic nitrogens is 3. The monoisotopic (exact) mass is 356 g/mol. The molecule has 1 aromatic carbocycles. The number of rotatable bonds is 3. The van der Waals surface area contributed by atoms with Crippen molar-refractivity contribution in [3.63, 3.8) is 0 Å². The van der Waals surface area contributed by atoms with Crippen LogP contribution in [0.3, 0.4) is 0 Å². The van der Waals surface area contributed by atoms with Gasteiger partial charge in [0.05, 0.1) is 28.9 Å². The molecular weight excluding hydrogens is 348 g/mol. The number of carbonyl (C=O) groups excluding carboxylic acids is 1. The summed E-state index contributed by atoms with van der Waals surface area (Å²) in [5, 5.41) is 3.26. The SMILES string of the molecule is Cc1[nH]c(=S)sc1CC(=O)Nc1c(Cl)ccc2nsnc12. The van der Waals surface area contributed by atoms with E-state index in [9.17, 15) is 4.79 Å². The fraction of sp³-hybridized carbons (Fsp3) is 0.167. The molecule has 3 aromatic rings. The van der Waals surface area contributed by atoms with Crippen LogP contribution in [-0.2, 0) is 11.2 Å². The molecule has 9 heteroatoms. The lowest BCUT2D eigenvalue weighted by molar-refractivity contribution is -0.115. The van der Waals surface area contributed by atoms with Gasteiger partial charge >= 0.3 is 0 Å². The first-order valence-corrected chi connectivity index (χ1v) is 8.27. The Balaban J connectivity index is 1.86. The zero-order valence-corrected chi connectivity index (χ0v) is 14.0. The maximum Gasteiger partial charge on any atom is 0.229 e. The van der Waals surface area contributed by atoms with Crippen LogP contribution in [-0.4, -0.2) is 19.6 Å². The number of fused-ring (bicyclic) bond motifs is 1. The molecule has 0 atom stereocenters. The van der Waals surface area contributed by atoms with Gasteiger partial charge in [0, 0.05) is 10.6 Å². The van der Waals surface area contributed by atoms with E-state index in [4.69, 9.17) is 23.8 Å². The molecule has 0 aliphatic rings. The smallest absolute Gasteiger partial charge is 0.229 e. The van der Waals surface area contributed by atoms with Gasteiger partial charge in [-0.15, -0.1) is 11.3 Å². The highest BCUT2D eigenvalue weighted by Crippen LogP contribution is 2.30. The minimum Gasteiger partial charge on any atom is -0.341 e. The molecule has 2 N–H and O–H groups in total. The zero-order chi connectivity index (χ0) is 15.0. The molecule has 0 saturated heterocycles. The molecule has 2 aromatic heterocycles. The molecule has 1 amide bonds. The van der Waals surface area contributed by atoms with E-state index in [1.54, 1.807) is 12.1 Å². The molecule has 0 aliphatic heterocycles. The lowest BCUT2D eigenvalue weighted by Crippen LogP contribution is -2.15. The summed E-state index contributed by atoms with van der Waals surface area (Å²) in [5.74, 6) is -0.161. The molecule has 108 valence electrons. The molecule has 0 bridgehead atoms. The highest BCUT2D eigenvalue weighted by atomic mass is 35.5. The molecule has 0 spiro atoms. The summed E-state index contributed by atoms with van der Waals surface area (Å²) in [5.41, 5.74) is 2.75. The average molecular weight is 357 g/mol. The second-order valence-electron chi connectivity index (χ2n) is 4.34. The Morgan fingerprint density at radius 3 is 3.00 bits per heavy atom. The van der Waals surface area contributed by atoms with Gasteiger partial charge in [-0.3, -0.25) is 4.79 Å². The van der Waals surface area contributed by atoms with Crippen LogP contribution < -0.4 is 5.32 Å². The molecule has 0 fully saturated rings. The van der Waals surface area contributed by atoms with Crippen LogP contribution in [0.15, 0.2) is 12.1 Å². The van der Waals surface area contributed by atoms with Gasteiger partial charge in [-0.05, 0) is 31.3 Å². The third-order valence-electron chi connectivity index (χ3n) is 2.89. The summed E-state index contributed by atoms with van der Waals surface area (Å²) in [6.45, 7) is 1.90. The normalized spacial score (nSPS) is 11.0. The average Bonchev–Trinajstić information content (AvgIpc) is 3.00. The van der Waals surface area contributed by atoms with E-state index in [0.29, 0.717) is 25.7 Å². The van der Waals surface area contributed by atoms with E-state index in [1.807, 2.05) is 6.92 Å². The second-order valence-corrected chi connectivity index (χ2v) is 7.05. The number of aromatic amines is 1. The van der Waals surface area contributed by atoms with Crippen molar-refractivity contribution in [1.82, 2.24) is 13.7 Å². The fourth-order valence-corrected chi connectivity index (χ4v) is 3.91. The Morgan fingerprint density at radius 1 is 1.48 bits per heavy atom. The van der Waals surface area contributed by atoms with Crippen molar-refractivity contribution < 1.29 is 4.79 Å². The van der Waals surface area contributed by atoms with Crippen molar-refractivity contribution >= 4 is 69.5 Å². The van der Waals surface area contributed by atoms with Gasteiger partial charge in [-0.2, -0.15) is 8.75 Å². The number of anilines is 1. The maximum absolute atomic E-state index is 12.2. The maximum atomic E-state index is 12.2. The van der Waals surface area contributed by atoms with Crippen molar-refractivity contribution in [3.8, 4) is 0 Å². The molecule has 5 nitrogen and oxygen atoms in total. The zero-order valence-electron chi connectivity index (χ0n) is 10.8. The molecule has 0 aliphatic carbocycles. The van der Waals surface area contributed by atoms with Crippen LogP contribution >= 0.6 is 46.9 Å². The van der Waals surface area contributed by atoms with Gasteiger partial charge < -0.3 is 10.3 Å². The predicted octanol–water partition coefficient (Wildman–Crippen LogP) is 3.95. The standard InChI is InChI=1S/C12H9ClN4OS3/c1-5-8(20-12(19)14-5)4-9(18)15-10-6(13)2-3-7-11(10)17-21-16-7/h2-3H,4H2,1H3,(H,14,19)(H,15,18). The first kappa shape index (κ1) is 14.6. The van der Waals surface area contributed by atoms with Crippen LogP contribution in [0.2, 0.25) is 5.02 Å². The number of nitrogens with one attached hydrogen (secondary N) is 2. The Kier molecular flexibility index (Phi) is 4.03. The summed E-state index contributed by atoms with van der Waals surface area (Å²) in [6, 6.07) is 3.48. The minimum absolute atomic E-state index is 0.161. The highest BCUT2D eigenvalue weighted by Gasteiger charge is 2.14. The van der Waals surface area contributed by atoms with E-state index in [0.717, 1.165) is 22.3 Å². The quantitative estimate of drug-likeness (QED) is 0.697. The minimum atomic E-state index is -0.161. The van der Waals surface area contributed by atoms with Crippen molar-refractivity contribution in [3.05, 3.63) is 31.7 Å². The number of amides is 1. The Labute approximate surface area is 138 Å². The number of thiazole rings is 1. The van der Waals surface area contributed by atoms with E-state index in [1.165, 1.54) is 11.3 Å². The Morgan fingerprint density at radius 2 is 2.29 bits per heavy atom. The summed E-state index contributed by atoms with van der Waals surface area (Å²) in [7, 11) is 0. The second kappa shape index (κ2) is 5.80. The summed E-state index contributed by atoms with van der Waals surface area (Å²) < 4.78 is 8.97. The Hall–Kier alpha value is -1.35. The molecule has 0 saturated carbocycles. The van der Waals surface area contributed by atoms with Crippen molar-refractivity contribution in [2.75, 3.05) is 5.32 Å². The summed E-state index contributed by atoms with van der Waals surface area (Å²) in [6.07, 6.45) is 0.244. The van der Waals surface area contributed by atoms with Crippen LogP contribution in [0.5, 0.6) is 0 Å². The molecule has 3 rings (SSSR count). The lowest BCUT2D eigenvalue weighted by atomic mass is 10.2. The predicted molar refractivity (Wildman–Crippen MR) is 89.0 cm³/mol. The number of hydrogen-bond donors (Lipinski definition) is 2. The lowest BCUT2D eigenvalue weighted by Gasteiger charge is -2.07. The van der Waals surface area contributed by atoms with Gasteiger partial charge in [0.25, 0.3) is 0 Å². The van der Waals surface area contributed by atoms with Gasteiger partial charge in [0.2, 0.25) is 5.91 Å². The molecule has 2 heterocycles. The third kappa shape index (κ3) is 2.98. The van der Waals surface area contributed by atoms with Crippen LogP contribution in [0.4, 0.5) is 5.69 Å². The number of aryl methyl sites for hydroxylation is 1. The molecule has 0 radical (unpaired) electrons. The summed E-state index contributed by atoms with van der Waals surface area (Å²) >= 11 is 13.7. The van der Waals surface area contributed by atoms with Crippen LogP contribution in [0.1, 0.15) is 10.6 Å². The number of benzene rings is 1. The number of hydrogen-bond acceptors (Lipinski definition) is 6. The van der Waals surface area contributed by atoms with Crippen LogP contribution in [0.25, 0.3) is 11.0 Å². The van der Waals surface area contributed by atoms with Gasteiger partial charge in [-0.1, -0.05) is 11.6 Å². The van der Waals surface area contributed by atoms with Crippen molar-refractivity contribution in [1.29, 1.82) is 0 Å². The highest BCUT2D eigenvalue weighted by molar-refractivity contribution is 7.73. The van der Waals surface area contributed by atoms with Gasteiger partial charge in [-0.25, -0.2) is 0 Å². The largest absolute Gasteiger partial charge is 0.341 e. The molecular formula is C12H9ClN4OS3. The number of nitrogens with zero attached hydrogens (tertiary/aromatic N) is 2. The van der Waals surface area contributed by atoms with E-state index in [2.05, 4.69) is 19.0 Å². The number of H-pyrrole nitrogens is 1. The summed E-state index contributed by atoms with van der Waals surface area (Å²) in [4.78, 5) is 16.1.